The highest BCUT2D eigenvalue weighted by Gasteiger charge is 2.29. The molecule has 0 spiro atoms. The van der Waals surface area contributed by atoms with Crippen LogP contribution in [-0.2, 0) is 0 Å². The Morgan fingerprint density at radius 1 is 1.40 bits per heavy atom. The van der Waals surface area contributed by atoms with Crippen LogP contribution >= 0.6 is 0 Å². The Hall–Kier alpha value is -1.39. The number of benzene rings is 1. The van der Waals surface area contributed by atoms with Gasteiger partial charge in [-0.05, 0) is 48.9 Å². The third-order valence-corrected chi connectivity index (χ3v) is 4.52. The van der Waals surface area contributed by atoms with Crippen LogP contribution in [0.25, 0.3) is 0 Å². The Balaban J connectivity index is 2.04. The van der Waals surface area contributed by atoms with Crippen molar-refractivity contribution in [3.63, 3.8) is 0 Å². The maximum atomic E-state index is 10.9. The SMILES string of the molecule is CCN1CCC(C(C)c2ccc(C(=O)O)cc2)CC1O. The molecule has 0 radical (unpaired) electrons. The lowest BCUT2D eigenvalue weighted by Crippen LogP contribution is -2.43. The molecular weight excluding hydrogens is 254 g/mol. The predicted molar refractivity (Wildman–Crippen MR) is 77.8 cm³/mol. The van der Waals surface area contributed by atoms with Crippen molar-refractivity contribution in [3.8, 4) is 0 Å². The first-order chi connectivity index (χ1) is 9.52. The van der Waals surface area contributed by atoms with E-state index in [0.29, 0.717) is 17.4 Å². The molecule has 1 aliphatic rings. The molecule has 0 bridgehead atoms. The first-order valence-electron chi connectivity index (χ1n) is 7.28. The number of hydrogen-bond acceptors (Lipinski definition) is 3. The van der Waals surface area contributed by atoms with Gasteiger partial charge in [0.25, 0.3) is 0 Å². The maximum absolute atomic E-state index is 10.9. The van der Waals surface area contributed by atoms with Crippen LogP contribution in [0.3, 0.4) is 0 Å². The number of aromatic carboxylic acids is 1. The standard InChI is InChI=1S/C16H23NO3/c1-3-17-9-8-14(10-15(17)18)11(2)12-4-6-13(7-5-12)16(19)20/h4-7,11,14-15,18H,3,8-10H2,1-2H3,(H,19,20). The van der Waals surface area contributed by atoms with Crippen LogP contribution in [0.4, 0.5) is 0 Å². The highest BCUT2D eigenvalue weighted by molar-refractivity contribution is 5.87. The highest BCUT2D eigenvalue weighted by Crippen LogP contribution is 2.34. The lowest BCUT2D eigenvalue weighted by molar-refractivity contribution is -0.0426. The van der Waals surface area contributed by atoms with Crippen LogP contribution in [0.2, 0.25) is 0 Å². The van der Waals surface area contributed by atoms with Gasteiger partial charge in [0.1, 0.15) is 6.23 Å². The molecule has 4 nitrogen and oxygen atoms in total. The minimum absolute atomic E-state index is 0.321. The fourth-order valence-electron chi connectivity index (χ4n) is 3.04. The number of carboxylic acids is 1. The molecule has 3 unspecified atom stereocenters. The molecule has 2 N–H and O–H groups in total. The number of carbonyl (C=O) groups is 1. The van der Waals surface area contributed by atoms with Crippen LogP contribution < -0.4 is 0 Å². The average molecular weight is 277 g/mol. The Bertz CT molecular complexity index is 457. The van der Waals surface area contributed by atoms with E-state index >= 15 is 0 Å². The average Bonchev–Trinajstić information content (AvgIpc) is 2.46. The molecular formula is C16H23NO3. The van der Waals surface area contributed by atoms with Crippen molar-refractivity contribution in [2.24, 2.45) is 5.92 Å². The summed E-state index contributed by atoms with van der Waals surface area (Å²) in [5, 5.41) is 19.0. The first kappa shape index (κ1) is 15.0. The topological polar surface area (TPSA) is 60.8 Å². The van der Waals surface area contributed by atoms with Crippen molar-refractivity contribution >= 4 is 5.97 Å². The molecule has 110 valence electrons. The third kappa shape index (κ3) is 3.19. The Morgan fingerprint density at radius 3 is 2.55 bits per heavy atom. The fraction of sp³-hybridized carbons (Fsp3) is 0.562. The van der Waals surface area contributed by atoms with E-state index in [0.717, 1.165) is 31.5 Å². The molecule has 3 atom stereocenters. The molecule has 0 amide bonds. The molecule has 2 rings (SSSR count). The molecule has 1 aliphatic heterocycles. The summed E-state index contributed by atoms with van der Waals surface area (Å²) in [5.41, 5.74) is 1.47. The van der Waals surface area contributed by atoms with Gasteiger partial charge in [0.2, 0.25) is 0 Å². The number of aliphatic hydroxyl groups is 1. The quantitative estimate of drug-likeness (QED) is 0.888. The van der Waals surface area contributed by atoms with Gasteiger partial charge in [-0.15, -0.1) is 0 Å². The Labute approximate surface area is 120 Å². The van der Waals surface area contributed by atoms with Gasteiger partial charge in [-0.1, -0.05) is 26.0 Å². The lowest BCUT2D eigenvalue weighted by atomic mass is 9.80. The van der Waals surface area contributed by atoms with Crippen LogP contribution in [0.5, 0.6) is 0 Å². The zero-order chi connectivity index (χ0) is 14.7. The van der Waals surface area contributed by atoms with Gasteiger partial charge in [-0.25, -0.2) is 4.79 Å². The normalized spacial score (nSPS) is 25.4. The molecule has 0 saturated carbocycles. The highest BCUT2D eigenvalue weighted by atomic mass is 16.4. The summed E-state index contributed by atoms with van der Waals surface area (Å²) in [6.45, 7) is 6.04. The number of piperidine rings is 1. The molecule has 4 heteroatoms. The fourth-order valence-corrected chi connectivity index (χ4v) is 3.04. The summed E-state index contributed by atoms with van der Waals surface area (Å²) in [4.78, 5) is 13.0. The van der Waals surface area contributed by atoms with Gasteiger partial charge in [-0.3, -0.25) is 4.90 Å². The second kappa shape index (κ2) is 6.37. The summed E-state index contributed by atoms with van der Waals surface area (Å²) >= 11 is 0. The second-order valence-electron chi connectivity index (χ2n) is 5.61. The van der Waals surface area contributed by atoms with Crippen molar-refractivity contribution < 1.29 is 15.0 Å². The van der Waals surface area contributed by atoms with Crippen LogP contribution in [0.1, 0.15) is 48.5 Å². The molecule has 0 aliphatic carbocycles. The minimum Gasteiger partial charge on any atom is -0.478 e. The van der Waals surface area contributed by atoms with Crippen molar-refractivity contribution in [3.05, 3.63) is 35.4 Å². The number of carboxylic acid groups (broad SMARTS) is 1. The number of hydrogen-bond donors (Lipinski definition) is 2. The summed E-state index contributed by atoms with van der Waals surface area (Å²) in [5.74, 6) is -0.106. The van der Waals surface area contributed by atoms with E-state index in [1.165, 1.54) is 0 Å². The van der Waals surface area contributed by atoms with E-state index in [1.54, 1.807) is 12.1 Å². The van der Waals surface area contributed by atoms with Crippen molar-refractivity contribution in [1.29, 1.82) is 0 Å². The van der Waals surface area contributed by atoms with Crippen molar-refractivity contribution in [2.45, 2.75) is 38.8 Å². The van der Waals surface area contributed by atoms with Gasteiger partial charge in [0.15, 0.2) is 0 Å². The molecule has 1 aromatic rings. The van der Waals surface area contributed by atoms with Gasteiger partial charge in [0.05, 0.1) is 5.56 Å². The number of nitrogens with zero attached hydrogens (tertiary/aromatic N) is 1. The van der Waals surface area contributed by atoms with Crippen LogP contribution in [0, 0.1) is 5.92 Å². The smallest absolute Gasteiger partial charge is 0.335 e. The van der Waals surface area contributed by atoms with Crippen molar-refractivity contribution in [2.75, 3.05) is 13.1 Å². The molecule has 20 heavy (non-hydrogen) atoms. The van der Waals surface area contributed by atoms with Crippen molar-refractivity contribution in [1.82, 2.24) is 4.90 Å². The zero-order valence-electron chi connectivity index (χ0n) is 12.1. The summed E-state index contributed by atoms with van der Waals surface area (Å²) in [7, 11) is 0. The Morgan fingerprint density at radius 2 is 2.05 bits per heavy atom. The van der Waals surface area contributed by atoms with Gasteiger partial charge < -0.3 is 10.2 Å². The summed E-state index contributed by atoms with van der Waals surface area (Å²) < 4.78 is 0. The molecule has 1 heterocycles. The van der Waals surface area contributed by atoms with E-state index in [1.807, 2.05) is 12.1 Å². The molecule has 1 fully saturated rings. The van der Waals surface area contributed by atoms with E-state index in [-0.39, 0.29) is 6.23 Å². The summed E-state index contributed by atoms with van der Waals surface area (Å²) in [6, 6.07) is 7.11. The molecule has 0 aromatic heterocycles. The van der Waals surface area contributed by atoms with E-state index in [2.05, 4.69) is 18.7 Å². The third-order valence-electron chi connectivity index (χ3n) is 4.52. The van der Waals surface area contributed by atoms with E-state index in [4.69, 9.17) is 5.11 Å². The van der Waals surface area contributed by atoms with E-state index in [9.17, 15) is 9.90 Å². The first-order valence-corrected chi connectivity index (χ1v) is 7.28. The number of likely N-dealkylation sites (tertiary alicyclic amines) is 1. The predicted octanol–water partition coefficient (Wildman–Crippen LogP) is 2.54. The minimum atomic E-state index is -0.893. The number of rotatable bonds is 4. The zero-order valence-corrected chi connectivity index (χ0v) is 12.1. The van der Waals surface area contributed by atoms with Gasteiger partial charge in [-0.2, -0.15) is 0 Å². The Kier molecular flexibility index (Phi) is 4.78. The molecule has 1 saturated heterocycles. The van der Waals surface area contributed by atoms with E-state index < -0.39 is 5.97 Å². The largest absolute Gasteiger partial charge is 0.478 e. The van der Waals surface area contributed by atoms with Crippen LogP contribution in [0.15, 0.2) is 24.3 Å². The number of aliphatic hydroxyl groups excluding tert-OH is 1. The second-order valence-corrected chi connectivity index (χ2v) is 5.61. The van der Waals surface area contributed by atoms with Crippen LogP contribution in [-0.4, -0.2) is 40.4 Å². The summed E-state index contributed by atoms with van der Waals surface area (Å²) in [6.07, 6.45) is 1.52. The van der Waals surface area contributed by atoms with Gasteiger partial charge >= 0.3 is 5.97 Å². The lowest BCUT2D eigenvalue weighted by Gasteiger charge is -2.38. The van der Waals surface area contributed by atoms with Gasteiger partial charge in [0, 0.05) is 6.54 Å². The maximum Gasteiger partial charge on any atom is 0.335 e. The monoisotopic (exact) mass is 277 g/mol. The molecule has 1 aromatic carbocycles.